The van der Waals surface area contributed by atoms with E-state index in [0.717, 1.165) is 56.7 Å². The molecule has 1 unspecified atom stereocenters. The average Bonchev–Trinajstić information content (AvgIpc) is 3.23. The summed E-state index contributed by atoms with van der Waals surface area (Å²) in [5, 5.41) is 0. The molecule has 2 saturated heterocycles. The van der Waals surface area contributed by atoms with Crippen LogP contribution in [0.1, 0.15) is 38.7 Å². The Bertz CT molecular complexity index is 729. The molecule has 0 saturated carbocycles. The Morgan fingerprint density at radius 2 is 1.96 bits per heavy atom. The van der Waals surface area contributed by atoms with Crippen molar-refractivity contribution in [3.63, 3.8) is 0 Å². The molecule has 3 aliphatic rings. The molecule has 0 radical (unpaired) electrons. The molecule has 2 fully saturated rings. The van der Waals surface area contributed by atoms with Crippen molar-refractivity contribution in [2.24, 2.45) is 0 Å². The summed E-state index contributed by atoms with van der Waals surface area (Å²) >= 11 is 0. The minimum absolute atomic E-state index is 0.00462. The molecule has 0 aromatic heterocycles. The highest BCUT2D eigenvalue weighted by molar-refractivity contribution is 6.01. The van der Waals surface area contributed by atoms with E-state index in [4.69, 9.17) is 4.74 Å². The summed E-state index contributed by atoms with van der Waals surface area (Å²) in [5.74, 6) is 0.232. The number of carbonyl (C=O) groups is 2. The molecule has 3 heterocycles. The van der Waals surface area contributed by atoms with Crippen molar-refractivity contribution in [3.8, 4) is 0 Å². The van der Waals surface area contributed by atoms with Gasteiger partial charge in [-0.05, 0) is 44.7 Å². The molecule has 0 N–H and O–H groups in total. The molecule has 27 heavy (non-hydrogen) atoms. The zero-order chi connectivity index (χ0) is 19.0. The van der Waals surface area contributed by atoms with E-state index >= 15 is 0 Å². The largest absolute Gasteiger partial charge is 0.450 e. The van der Waals surface area contributed by atoms with E-state index in [1.165, 1.54) is 0 Å². The number of piperidine rings is 1. The molecule has 6 heteroatoms. The smallest absolute Gasteiger partial charge is 0.409 e. The first-order chi connectivity index (χ1) is 13.0. The van der Waals surface area contributed by atoms with Crippen molar-refractivity contribution in [1.82, 2.24) is 9.80 Å². The second kappa shape index (κ2) is 7.15. The third-order valence-corrected chi connectivity index (χ3v) is 6.43. The molecule has 0 spiro atoms. The van der Waals surface area contributed by atoms with E-state index in [2.05, 4.69) is 24.0 Å². The Labute approximate surface area is 161 Å². The molecule has 3 aliphatic heterocycles. The zero-order valence-electron chi connectivity index (χ0n) is 16.3. The predicted molar refractivity (Wildman–Crippen MR) is 104 cm³/mol. The number of rotatable bonds is 3. The number of nitrogens with zero attached hydrogens (tertiary/aromatic N) is 3. The van der Waals surface area contributed by atoms with Gasteiger partial charge in [0, 0.05) is 43.4 Å². The van der Waals surface area contributed by atoms with E-state index < -0.39 is 0 Å². The topological polar surface area (TPSA) is 53.1 Å². The Morgan fingerprint density at radius 3 is 2.70 bits per heavy atom. The zero-order valence-corrected chi connectivity index (χ0v) is 16.3. The fourth-order valence-corrected chi connectivity index (χ4v) is 4.92. The maximum atomic E-state index is 12.6. The quantitative estimate of drug-likeness (QED) is 0.820. The number of hydrogen-bond donors (Lipinski definition) is 0. The second-order valence-electron chi connectivity index (χ2n) is 8.15. The number of amides is 2. The Hall–Kier alpha value is -2.08. The Morgan fingerprint density at radius 1 is 1.22 bits per heavy atom. The minimum atomic E-state index is -0.199. The number of anilines is 1. The van der Waals surface area contributed by atoms with Crippen molar-refractivity contribution >= 4 is 17.7 Å². The van der Waals surface area contributed by atoms with Gasteiger partial charge in [0.25, 0.3) is 0 Å². The SMILES string of the molecule is CCOC(=O)N1CCC(C)(N2CCC(N3C(=O)Cc4ccccc43)CC2)C1. The molecular formula is C21H29N3O3. The first kappa shape index (κ1) is 18.3. The number of hydrogen-bond acceptors (Lipinski definition) is 4. The molecule has 146 valence electrons. The van der Waals surface area contributed by atoms with Crippen LogP contribution in [0.3, 0.4) is 0 Å². The molecule has 6 nitrogen and oxygen atoms in total. The van der Waals surface area contributed by atoms with E-state index in [-0.39, 0.29) is 23.6 Å². The van der Waals surface area contributed by atoms with Crippen LogP contribution in [0.2, 0.25) is 0 Å². The van der Waals surface area contributed by atoms with Crippen LogP contribution in [-0.2, 0) is 16.0 Å². The lowest BCUT2D eigenvalue weighted by Crippen LogP contribution is -2.55. The summed E-state index contributed by atoms with van der Waals surface area (Å²) in [6, 6.07) is 8.44. The lowest BCUT2D eigenvalue weighted by molar-refractivity contribution is -0.118. The third kappa shape index (κ3) is 3.31. The van der Waals surface area contributed by atoms with E-state index in [1.54, 1.807) is 0 Å². The average molecular weight is 371 g/mol. The Kier molecular flexibility index (Phi) is 4.84. The fourth-order valence-electron chi connectivity index (χ4n) is 4.92. The van der Waals surface area contributed by atoms with Crippen molar-refractivity contribution < 1.29 is 14.3 Å². The maximum Gasteiger partial charge on any atom is 0.409 e. The molecule has 0 bridgehead atoms. The lowest BCUT2D eigenvalue weighted by atomic mass is 9.93. The summed E-state index contributed by atoms with van der Waals surface area (Å²) in [7, 11) is 0. The second-order valence-corrected chi connectivity index (χ2v) is 8.15. The van der Waals surface area contributed by atoms with Gasteiger partial charge in [0.2, 0.25) is 5.91 Å². The van der Waals surface area contributed by atoms with E-state index in [9.17, 15) is 9.59 Å². The first-order valence-electron chi connectivity index (χ1n) is 10.1. The highest BCUT2D eigenvalue weighted by Crippen LogP contribution is 2.36. The van der Waals surface area contributed by atoms with Gasteiger partial charge in [-0.3, -0.25) is 9.69 Å². The number of para-hydroxylation sites is 1. The van der Waals surface area contributed by atoms with Crippen LogP contribution in [0.4, 0.5) is 10.5 Å². The first-order valence-corrected chi connectivity index (χ1v) is 10.1. The number of fused-ring (bicyclic) bond motifs is 1. The van der Waals surface area contributed by atoms with Crippen LogP contribution in [0.15, 0.2) is 24.3 Å². The van der Waals surface area contributed by atoms with Gasteiger partial charge >= 0.3 is 6.09 Å². The highest BCUT2D eigenvalue weighted by Gasteiger charge is 2.43. The van der Waals surface area contributed by atoms with Crippen LogP contribution >= 0.6 is 0 Å². The normalized spacial score (nSPS) is 26.5. The highest BCUT2D eigenvalue weighted by atomic mass is 16.6. The Balaban J connectivity index is 1.38. The fraction of sp³-hybridized carbons (Fsp3) is 0.619. The maximum absolute atomic E-state index is 12.6. The number of carbonyl (C=O) groups excluding carboxylic acids is 2. The molecule has 4 rings (SSSR count). The van der Waals surface area contributed by atoms with Gasteiger partial charge in [0.05, 0.1) is 13.0 Å². The van der Waals surface area contributed by atoms with Gasteiger partial charge in [-0.25, -0.2) is 4.79 Å². The van der Waals surface area contributed by atoms with Gasteiger partial charge in [-0.2, -0.15) is 0 Å². The number of benzene rings is 1. The van der Waals surface area contributed by atoms with E-state index in [0.29, 0.717) is 13.0 Å². The molecule has 1 aromatic carbocycles. The molecule has 2 amide bonds. The van der Waals surface area contributed by atoms with Crippen molar-refractivity contribution in [3.05, 3.63) is 29.8 Å². The summed E-state index contributed by atoms with van der Waals surface area (Å²) in [6.45, 7) is 7.92. The molecule has 1 aromatic rings. The summed E-state index contributed by atoms with van der Waals surface area (Å²) in [4.78, 5) is 31.0. The summed E-state index contributed by atoms with van der Waals surface area (Å²) in [6.07, 6.45) is 3.27. The lowest BCUT2D eigenvalue weighted by Gasteiger charge is -2.44. The van der Waals surface area contributed by atoms with Crippen LogP contribution in [0, 0.1) is 0 Å². The predicted octanol–water partition coefficient (Wildman–Crippen LogP) is 2.66. The monoisotopic (exact) mass is 371 g/mol. The van der Waals surface area contributed by atoms with Gasteiger partial charge in [-0.15, -0.1) is 0 Å². The molecule has 0 aliphatic carbocycles. The summed E-state index contributed by atoms with van der Waals surface area (Å²) < 4.78 is 5.16. The van der Waals surface area contributed by atoms with Crippen LogP contribution < -0.4 is 4.90 Å². The molecule has 1 atom stereocenters. The third-order valence-electron chi connectivity index (χ3n) is 6.43. The van der Waals surface area contributed by atoms with Gasteiger partial charge < -0.3 is 14.5 Å². The summed E-state index contributed by atoms with van der Waals surface area (Å²) in [5.41, 5.74) is 2.25. The van der Waals surface area contributed by atoms with Crippen LogP contribution in [-0.4, -0.2) is 66.2 Å². The number of likely N-dealkylation sites (tertiary alicyclic amines) is 2. The van der Waals surface area contributed by atoms with Crippen LogP contribution in [0.25, 0.3) is 0 Å². The number of ether oxygens (including phenoxy) is 1. The van der Waals surface area contributed by atoms with Gasteiger partial charge in [0.1, 0.15) is 0 Å². The molecular weight excluding hydrogens is 342 g/mol. The van der Waals surface area contributed by atoms with Crippen LogP contribution in [0.5, 0.6) is 0 Å². The van der Waals surface area contributed by atoms with Crippen molar-refractivity contribution in [1.29, 1.82) is 0 Å². The van der Waals surface area contributed by atoms with Crippen molar-refractivity contribution in [2.75, 3.05) is 37.7 Å². The van der Waals surface area contributed by atoms with Gasteiger partial charge in [-0.1, -0.05) is 18.2 Å². The van der Waals surface area contributed by atoms with Crippen molar-refractivity contribution in [2.45, 2.75) is 51.1 Å². The van der Waals surface area contributed by atoms with Gasteiger partial charge in [0.15, 0.2) is 0 Å². The van der Waals surface area contributed by atoms with E-state index in [1.807, 2.05) is 28.9 Å². The standard InChI is InChI=1S/C21H29N3O3/c1-3-27-20(26)22-13-10-21(2,15-22)23-11-8-17(9-12-23)24-18-7-5-4-6-16(18)14-19(24)25/h4-7,17H,3,8-15H2,1-2H3. The minimum Gasteiger partial charge on any atom is -0.450 e.